The van der Waals surface area contributed by atoms with Crippen molar-refractivity contribution < 1.29 is 13.2 Å². The van der Waals surface area contributed by atoms with E-state index in [1.165, 1.54) is 17.0 Å². The standard InChI is InChI=1S/C12H17N3O3S2/c1-15(2)11(16)6-7-14-20(17,18)10-5-3-4-9(8-10)12(13)19/h3-5,8,14H,6-7H2,1-2H3,(H2,13,19). The van der Waals surface area contributed by atoms with Crippen LogP contribution in [0.4, 0.5) is 0 Å². The number of hydrogen-bond acceptors (Lipinski definition) is 4. The molecule has 0 atom stereocenters. The molecule has 1 amide bonds. The van der Waals surface area contributed by atoms with Crippen molar-refractivity contribution in [2.75, 3.05) is 20.6 Å². The number of thiocarbonyl (C=S) groups is 1. The van der Waals surface area contributed by atoms with Gasteiger partial charge in [0, 0.05) is 32.6 Å². The lowest BCUT2D eigenvalue weighted by atomic mass is 10.2. The second-order valence-corrected chi connectivity index (χ2v) is 6.53. The van der Waals surface area contributed by atoms with Crippen molar-refractivity contribution in [2.45, 2.75) is 11.3 Å². The first-order valence-corrected chi connectivity index (χ1v) is 7.73. The number of amides is 1. The molecular formula is C12H17N3O3S2. The number of carbonyl (C=O) groups is 1. The summed E-state index contributed by atoms with van der Waals surface area (Å²) in [5.41, 5.74) is 5.94. The van der Waals surface area contributed by atoms with Gasteiger partial charge >= 0.3 is 0 Å². The molecule has 0 saturated heterocycles. The highest BCUT2D eigenvalue weighted by Gasteiger charge is 2.15. The number of rotatable bonds is 6. The van der Waals surface area contributed by atoms with Crippen LogP contribution >= 0.6 is 12.2 Å². The van der Waals surface area contributed by atoms with Crippen molar-refractivity contribution in [2.24, 2.45) is 5.73 Å². The Morgan fingerprint density at radius 2 is 2.05 bits per heavy atom. The molecule has 6 nitrogen and oxygen atoms in total. The minimum atomic E-state index is -3.67. The normalized spacial score (nSPS) is 11.1. The predicted octanol–water partition coefficient (Wildman–Crippen LogP) is 0.0774. The van der Waals surface area contributed by atoms with Crippen LogP contribution < -0.4 is 10.5 Å². The Morgan fingerprint density at radius 1 is 1.40 bits per heavy atom. The van der Waals surface area contributed by atoms with E-state index in [1.54, 1.807) is 26.2 Å². The zero-order valence-corrected chi connectivity index (χ0v) is 12.9. The molecule has 1 aromatic carbocycles. The van der Waals surface area contributed by atoms with Gasteiger partial charge in [0.25, 0.3) is 0 Å². The highest BCUT2D eigenvalue weighted by atomic mass is 32.2. The Hall–Kier alpha value is -1.51. The van der Waals surface area contributed by atoms with Gasteiger partial charge in [0.2, 0.25) is 15.9 Å². The molecule has 0 radical (unpaired) electrons. The smallest absolute Gasteiger partial charge is 0.240 e. The molecule has 1 aromatic rings. The van der Waals surface area contributed by atoms with Crippen molar-refractivity contribution in [1.29, 1.82) is 0 Å². The first kappa shape index (κ1) is 16.5. The van der Waals surface area contributed by atoms with Crippen molar-refractivity contribution >= 4 is 33.1 Å². The molecule has 20 heavy (non-hydrogen) atoms. The lowest BCUT2D eigenvalue weighted by Crippen LogP contribution is -2.30. The number of hydrogen-bond donors (Lipinski definition) is 2. The average Bonchev–Trinajstić information content (AvgIpc) is 2.38. The zero-order valence-electron chi connectivity index (χ0n) is 11.3. The molecule has 110 valence electrons. The minimum Gasteiger partial charge on any atom is -0.389 e. The van der Waals surface area contributed by atoms with Gasteiger partial charge in [-0.1, -0.05) is 24.4 Å². The molecule has 0 saturated carbocycles. The second kappa shape index (κ2) is 6.78. The molecule has 3 N–H and O–H groups in total. The van der Waals surface area contributed by atoms with Crippen molar-refractivity contribution in [3.05, 3.63) is 29.8 Å². The molecule has 8 heteroatoms. The van der Waals surface area contributed by atoms with E-state index in [-0.39, 0.29) is 28.8 Å². The first-order valence-electron chi connectivity index (χ1n) is 5.84. The molecular weight excluding hydrogens is 298 g/mol. The van der Waals surface area contributed by atoms with E-state index in [2.05, 4.69) is 4.72 Å². The molecule has 0 aromatic heterocycles. The summed E-state index contributed by atoms with van der Waals surface area (Å²) in [4.78, 5) is 13.0. The van der Waals surface area contributed by atoms with Gasteiger partial charge in [-0.3, -0.25) is 4.79 Å². The van der Waals surface area contributed by atoms with Crippen LogP contribution in [0.1, 0.15) is 12.0 Å². The van der Waals surface area contributed by atoms with Gasteiger partial charge in [-0.2, -0.15) is 0 Å². The summed E-state index contributed by atoms with van der Waals surface area (Å²) in [7, 11) is -0.446. The highest BCUT2D eigenvalue weighted by molar-refractivity contribution is 7.89. The molecule has 1 rings (SSSR count). The summed E-state index contributed by atoms with van der Waals surface area (Å²) >= 11 is 4.81. The lowest BCUT2D eigenvalue weighted by molar-refractivity contribution is -0.128. The largest absolute Gasteiger partial charge is 0.389 e. The van der Waals surface area contributed by atoms with Gasteiger partial charge in [0.05, 0.1) is 4.90 Å². The van der Waals surface area contributed by atoms with Crippen LogP contribution in [-0.4, -0.2) is 44.9 Å². The van der Waals surface area contributed by atoms with Crippen LogP contribution in [0.5, 0.6) is 0 Å². The zero-order chi connectivity index (χ0) is 15.3. The average molecular weight is 315 g/mol. The summed E-state index contributed by atoms with van der Waals surface area (Å²) < 4.78 is 26.4. The third kappa shape index (κ3) is 4.55. The van der Waals surface area contributed by atoms with Gasteiger partial charge in [0.15, 0.2) is 0 Å². The molecule has 0 aliphatic rings. The van der Waals surface area contributed by atoms with Crippen molar-refractivity contribution in [1.82, 2.24) is 9.62 Å². The number of benzene rings is 1. The van der Waals surface area contributed by atoms with E-state index in [0.717, 1.165) is 0 Å². The van der Waals surface area contributed by atoms with E-state index in [1.807, 2.05) is 0 Å². The second-order valence-electron chi connectivity index (χ2n) is 4.33. The highest BCUT2D eigenvalue weighted by Crippen LogP contribution is 2.11. The Kier molecular flexibility index (Phi) is 5.61. The topological polar surface area (TPSA) is 92.5 Å². The third-order valence-electron chi connectivity index (χ3n) is 2.56. The maximum atomic E-state index is 12.0. The van der Waals surface area contributed by atoms with Crippen LogP contribution in [-0.2, 0) is 14.8 Å². The molecule has 0 fully saturated rings. The van der Waals surface area contributed by atoms with Crippen LogP contribution in [0, 0.1) is 0 Å². The monoisotopic (exact) mass is 315 g/mol. The van der Waals surface area contributed by atoms with E-state index in [0.29, 0.717) is 5.56 Å². The molecule has 0 unspecified atom stereocenters. The SMILES string of the molecule is CN(C)C(=O)CCNS(=O)(=O)c1cccc(C(N)=S)c1. The Bertz CT molecular complexity index is 612. The van der Waals surface area contributed by atoms with Gasteiger partial charge in [0.1, 0.15) is 4.99 Å². The first-order chi connectivity index (χ1) is 9.24. The number of nitrogens with one attached hydrogen (secondary N) is 1. The fourth-order valence-corrected chi connectivity index (χ4v) is 2.62. The van der Waals surface area contributed by atoms with Gasteiger partial charge < -0.3 is 10.6 Å². The number of carbonyl (C=O) groups excluding carboxylic acids is 1. The van der Waals surface area contributed by atoms with E-state index < -0.39 is 10.0 Å². The van der Waals surface area contributed by atoms with Gasteiger partial charge in [-0.05, 0) is 12.1 Å². The van der Waals surface area contributed by atoms with E-state index in [4.69, 9.17) is 18.0 Å². The summed E-state index contributed by atoms with van der Waals surface area (Å²) in [6.07, 6.45) is 0.0984. The Labute approximate surface area is 124 Å². The molecule has 0 aliphatic carbocycles. The molecule has 0 heterocycles. The quantitative estimate of drug-likeness (QED) is 0.725. The summed E-state index contributed by atoms with van der Waals surface area (Å²) in [6.45, 7) is 0.0383. The van der Waals surface area contributed by atoms with Crippen LogP contribution in [0.2, 0.25) is 0 Å². The molecule has 0 spiro atoms. The van der Waals surface area contributed by atoms with Crippen molar-refractivity contribution in [3.8, 4) is 0 Å². The summed E-state index contributed by atoms with van der Waals surface area (Å²) in [6, 6.07) is 6.04. The summed E-state index contributed by atoms with van der Waals surface area (Å²) in [5, 5.41) is 0. The number of sulfonamides is 1. The van der Waals surface area contributed by atoms with Crippen molar-refractivity contribution in [3.63, 3.8) is 0 Å². The van der Waals surface area contributed by atoms with Gasteiger partial charge in [-0.25, -0.2) is 13.1 Å². The van der Waals surface area contributed by atoms with E-state index >= 15 is 0 Å². The number of nitrogens with zero attached hydrogens (tertiary/aromatic N) is 1. The van der Waals surface area contributed by atoms with Crippen LogP contribution in [0.25, 0.3) is 0 Å². The third-order valence-corrected chi connectivity index (χ3v) is 4.25. The lowest BCUT2D eigenvalue weighted by Gasteiger charge is -2.11. The maximum absolute atomic E-state index is 12.0. The van der Waals surface area contributed by atoms with Gasteiger partial charge in [-0.15, -0.1) is 0 Å². The molecule has 0 bridgehead atoms. The predicted molar refractivity (Wildman–Crippen MR) is 80.8 cm³/mol. The fraction of sp³-hybridized carbons (Fsp3) is 0.333. The summed E-state index contributed by atoms with van der Waals surface area (Å²) in [5.74, 6) is -0.149. The number of nitrogens with two attached hydrogens (primary N) is 1. The van der Waals surface area contributed by atoms with E-state index in [9.17, 15) is 13.2 Å². The van der Waals surface area contributed by atoms with Crippen LogP contribution in [0.15, 0.2) is 29.2 Å². The van der Waals surface area contributed by atoms with Crippen LogP contribution in [0.3, 0.4) is 0 Å². The fourth-order valence-electron chi connectivity index (χ4n) is 1.42. The minimum absolute atomic E-state index is 0.0383. The maximum Gasteiger partial charge on any atom is 0.240 e. The Balaban J connectivity index is 2.77. The Morgan fingerprint density at radius 3 is 2.60 bits per heavy atom. The molecule has 0 aliphatic heterocycles.